The van der Waals surface area contributed by atoms with Crippen LogP contribution < -0.4 is 5.32 Å². The molecule has 1 heterocycles. The highest BCUT2D eigenvalue weighted by Gasteiger charge is 2.22. The van der Waals surface area contributed by atoms with Gasteiger partial charge >= 0.3 is 0 Å². The summed E-state index contributed by atoms with van der Waals surface area (Å²) in [7, 11) is 0. The molecular weight excluding hydrogens is 245 g/mol. The minimum absolute atomic E-state index is 0.132. The molecule has 1 aromatic rings. The van der Waals surface area contributed by atoms with Crippen LogP contribution in [0.1, 0.15) is 13.3 Å². The van der Waals surface area contributed by atoms with E-state index in [1.54, 1.807) is 6.92 Å². The minimum Gasteiger partial charge on any atom is -0.349 e. The van der Waals surface area contributed by atoms with Crippen LogP contribution in [0.3, 0.4) is 0 Å². The lowest BCUT2D eigenvalue weighted by Crippen LogP contribution is -2.38. The third-order valence-corrected chi connectivity index (χ3v) is 2.82. The lowest BCUT2D eigenvalue weighted by molar-refractivity contribution is -0.121. The highest BCUT2D eigenvalue weighted by atomic mass is 19.1. The van der Waals surface area contributed by atoms with E-state index >= 15 is 0 Å². The van der Waals surface area contributed by atoms with Gasteiger partial charge in [-0.15, -0.1) is 0 Å². The Morgan fingerprint density at radius 1 is 1.47 bits per heavy atom. The first-order valence-electron chi connectivity index (χ1n) is 5.82. The number of carbonyl (C=O) groups excluding carboxylic acids is 1. The van der Waals surface area contributed by atoms with E-state index in [4.69, 9.17) is 5.26 Å². The van der Waals surface area contributed by atoms with Gasteiger partial charge in [0.25, 0.3) is 0 Å². The normalized spacial score (nSPS) is 19.4. The van der Waals surface area contributed by atoms with Crippen molar-refractivity contribution in [1.82, 2.24) is 5.32 Å². The lowest BCUT2D eigenvalue weighted by Gasteiger charge is -2.20. The molecule has 0 saturated heterocycles. The molecular formula is C14H12FN3O. The Hall–Kier alpha value is -2.48. The maximum absolute atomic E-state index is 12.7. The number of rotatable bonds is 2. The number of benzene rings is 1. The number of hydrogen-bond donors (Lipinski definition) is 1. The second kappa shape index (κ2) is 5.44. The Morgan fingerprint density at radius 2 is 2.16 bits per heavy atom. The maximum atomic E-state index is 12.7. The fraction of sp³-hybridized carbons (Fsp3) is 0.214. The molecule has 0 aromatic heterocycles. The number of aliphatic imine (C=N–C) groups is 1. The Morgan fingerprint density at radius 3 is 2.79 bits per heavy atom. The summed E-state index contributed by atoms with van der Waals surface area (Å²) in [5, 5.41) is 11.8. The fourth-order valence-corrected chi connectivity index (χ4v) is 1.87. The molecule has 1 aliphatic heterocycles. The van der Waals surface area contributed by atoms with Crippen LogP contribution in [0.4, 0.5) is 10.1 Å². The summed E-state index contributed by atoms with van der Waals surface area (Å²) in [6, 6.07) is 7.46. The summed E-state index contributed by atoms with van der Waals surface area (Å²) < 4.78 is 12.7. The van der Waals surface area contributed by atoms with Crippen molar-refractivity contribution in [3.63, 3.8) is 0 Å². The molecule has 96 valence electrons. The molecule has 1 aliphatic rings. The predicted molar refractivity (Wildman–Crippen MR) is 69.4 cm³/mol. The van der Waals surface area contributed by atoms with Gasteiger partial charge in [0.15, 0.2) is 0 Å². The third kappa shape index (κ3) is 3.05. The van der Waals surface area contributed by atoms with E-state index in [1.807, 2.05) is 0 Å². The third-order valence-electron chi connectivity index (χ3n) is 2.82. The molecule has 0 fully saturated rings. The molecule has 0 spiro atoms. The van der Waals surface area contributed by atoms with Crippen molar-refractivity contribution in [3.8, 4) is 6.07 Å². The van der Waals surface area contributed by atoms with Gasteiger partial charge < -0.3 is 5.32 Å². The van der Waals surface area contributed by atoms with Gasteiger partial charge in [-0.1, -0.05) is 0 Å². The second-order valence-corrected chi connectivity index (χ2v) is 4.25. The van der Waals surface area contributed by atoms with Gasteiger partial charge in [-0.3, -0.25) is 9.79 Å². The van der Waals surface area contributed by atoms with Crippen LogP contribution in [0, 0.1) is 17.1 Å². The summed E-state index contributed by atoms with van der Waals surface area (Å²) in [6.07, 6.45) is 1.64. The van der Waals surface area contributed by atoms with Crippen LogP contribution >= 0.6 is 0 Å². The van der Waals surface area contributed by atoms with Crippen LogP contribution in [0.25, 0.3) is 0 Å². The first-order valence-corrected chi connectivity index (χ1v) is 5.82. The monoisotopic (exact) mass is 257 g/mol. The smallest absolute Gasteiger partial charge is 0.225 e. The number of halogens is 1. The molecule has 0 saturated carbocycles. The average Bonchev–Trinajstić information content (AvgIpc) is 2.37. The van der Waals surface area contributed by atoms with E-state index in [0.717, 1.165) is 0 Å². The van der Waals surface area contributed by atoms with Crippen LogP contribution in [0.15, 0.2) is 40.4 Å². The highest BCUT2D eigenvalue weighted by molar-refractivity contribution is 5.94. The van der Waals surface area contributed by atoms with Gasteiger partial charge in [0.1, 0.15) is 5.82 Å². The van der Waals surface area contributed by atoms with E-state index < -0.39 is 0 Å². The van der Waals surface area contributed by atoms with Crippen molar-refractivity contribution < 1.29 is 9.18 Å². The van der Waals surface area contributed by atoms with Gasteiger partial charge in [-0.25, -0.2) is 4.39 Å². The number of nitriles is 1. The van der Waals surface area contributed by atoms with E-state index in [9.17, 15) is 9.18 Å². The summed E-state index contributed by atoms with van der Waals surface area (Å²) in [6.45, 7) is 1.75. The quantitative estimate of drug-likeness (QED) is 0.826. The lowest BCUT2D eigenvalue weighted by atomic mass is 9.97. The molecule has 1 atom stereocenters. The van der Waals surface area contributed by atoms with Gasteiger partial charge in [0.2, 0.25) is 5.91 Å². The molecule has 4 nitrogen and oxygen atoms in total. The van der Waals surface area contributed by atoms with Crippen molar-refractivity contribution in [2.24, 2.45) is 4.99 Å². The first-order chi connectivity index (χ1) is 9.10. The van der Waals surface area contributed by atoms with E-state index in [1.165, 1.54) is 30.5 Å². The van der Waals surface area contributed by atoms with Crippen LogP contribution in [-0.2, 0) is 4.79 Å². The van der Waals surface area contributed by atoms with Gasteiger partial charge in [0, 0.05) is 6.21 Å². The number of hydrogen-bond acceptors (Lipinski definition) is 3. The molecule has 19 heavy (non-hydrogen) atoms. The van der Waals surface area contributed by atoms with Crippen LogP contribution in [-0.4, -0.2) is 18.2 Å². The van der Waals surface area contributed by atoms with Crippen LogP contribution in [0.5, 0.6) is 0 Å². The summed E-state index contributed by atoms with van der Waals surface area (Å²) in [5.41, 5.74) is 1.68. The zero-order valence-electron chi connectivity index (χ0n) is 10.4. The SMILES string of the molecule is CC1NC(=O)CC(C=Nc2ccc(F)cc2)=C1C#N. The molecule has 5 heteroatoms. The first kappa shape index (κ1) is 13.0. The van der Waals surface area contributed by atoms with Crippen molar-refractivity contribution >= 4 is 17.8 Å². The van der Waals surface area contributed by atoms with Crippen molar-refractivity contribution in [3.05, 3.63) is 41.2 Å². The minimum atomic E-state index is -0.332. The number of amides is 1. The van der Waals surface area contributed by atoms with Gasteiger partial charge in [0.05, 0.1) is 29.8 Å². The zero-order valence-corrected chi connectivity index (χ0v) is 10.4. The Labute approximate surface area is 110 Å². The largest absolute Gasteiger partial charge is 0.349 e. The predicted octanol–water partition coefficient (Wildman–Crippen LogP) is 2.26. The molecule has 2 rings (SSSR count). The Balaban J connectivity index is 2.27. The topological polar surface area (TPSA) is 65.2 Å². The molecule has 1 N–H and O–H groups in total. The number of nitrogens with zero attached hydrogens (tertiary/aromatic N) is 2. The summed E-state index contributed by atoms with van der Waals surface area (Å²) in [5.74, 6) is -0.464. The van der Waals surface area contributed by atoms with E-state index in [-0.39, 0.29) is 24.2 Å². The Kier molecular flexibility index (Phi) is 3.71. The highest BCUT2D eigenvalue weighted by Crippen LogP contribution is 2.18. The average molecular weight is 257 g/mol. The number of nitrogens with one attached hydrogen (secondary N) is 1. The molecule has 0 radical (unpaired) electrons. The van der Waals surface area contributed by atoms with E-state index in [2.05, 4.69) is 16.4 Å². The summed E-state index contributed by atoms with van der Waals surface area (Å²) >= 11 is 0. The van der Waals surface area contributed by atoms with Gasteiger partial charge in [-0.2, -0.15) is 5.26 Å². The Bertz CT molecular complexity index is 596. The molecule has 0 aliphatic carbocycles. The zero-order chi connectivity index (χ0) is 13.8. The second-order valence-electron chi connectivity index (χ2n) is 4.25. The van der Waals surface area contributed by atoms with Crippen molar-refractivity contribution in [1.29, 1.82) is 5.26 Å². The van der Waals surface area contributed by atoms with Crippen molar-refractivity contribution in [2.45, 2.75) is 19.4 Å². The van der Waals surface area contributed by atoms with Gasteiger partial charge in [-0.05, 0) is 36.8 Å². The molecule has 1 unspecified atom stereocenters. The van der Waals surface area contributed by atoms with E-state index in [0.29, 0.717) is 16.8 Å². The molecule has 0 bridgehead atoms. The molecule has 1 aromatic carbocycles. The standard InChI is InChI=1S/C14H12FN3O/c1-9-13(7-16)10(6-14(19)18-9)8-17-12-4-2-11(15)3-5-12/h2-5,8-9H,6H2,1H3,(H,18,19). The van der Waals surface area contributed by atoms with Crippen molar-refractivity contribution in [2.75, 3.05) is 0 Å². The molecule has 1 amide bonds. The maximum Gasteiger partial charge on any atom is 0.225 e. The fourth-order valence-electron chi connectivity index (χ4n) is 1.87. The number of carbonyl (C=O) groups is 1. The summed E-state index contributed by atoms with van der Waals surface area (Å²) in [4.78, 5) is 15.6. The van der Waals surface area contributed by atoms with Crippen LogP contribution in [0.2, 0.25) is 0 Å².